The number of likely N-dealkylation sites (tertiary alicyclic amines) is 1. The van der Waals surface area contributed by atoms with Gasteiger partial charge in [0.15, 0.2) is 0 Å². The zero-order chi connectivity index (χ0) is 18.2. The van der Waals surface area contributed by atoms with Crippen LogP contribution in [0.25, 0.3) is 10.4 Å². The molecule has 25 heavy (non-hydrogen) atoms. The maximum absolute atomic E-state index is 13.3. The third-order valence-electron chi connectivity index (χ3n) is 5.03. The second-order valence-corrected chi connectivity index (χ2v) is 8.46. The van der Waals surface area contributed by atoms with Gasteiger partial charge in [-0.1, -0.05) is 26.0 Å². The van der Waals surface area contributed by atoms with E-state index in [2.05, 4.69) is 18.8 Å². The smallest absolute Gasteiger partial charge is 0.274 e. The number of carbonyl (C=O) groups is 1. The van der Waals surface area contributed by atoms with Gasteiger partial charge in [0.2, 0.25) is 0 Å². The number of piperidine rings is 1. The number of benzene rings is 1. The average molecular weight is 361 g/mol. The highest BCUT2D eigenvalue weighted by Crippen LogP contribution is 2.37. The Labute approximate surface area is 151 Å². The number of aromatic nitrogens is 1. The minimum atomic E-state index is -0.293. The highest BCUT2D eigenvalue weighted by Gasteiger charge is 2.40. The van der Waals surface area contributed by atoms with E-state index in [1.165, 1.54) is 23.5 Å². The molecule has 0 radical (unpaired) electrons. The summed E-state index contributed by atoms with van der Waals surface area (Å²) in [5.74, 6) is -0.370. The SMILES string of the molecule is Cc1nc(C(=O)N2CCCC(C)(C)C2CN)c(-c2ccc(F)cc2)s1. The van der Waals surface area contributed by atoms with Crippen molar-refractivity contribution in [2.45, 2.75) is 39.7 Å². The van der Waals surface area contributed by atoms with Gasteiger partial charge in [0.05, 0.1) is 9.88 Å². The van der Waals surface area contributed by atoms with Crippen LogP contribution < -0.4 is 5.73 Å². The Morgan fingerprint density at radius 2 is 2.08 bits per heavy atom. The van der Waals surface area contributed by atoms with Crippen LogP contribution in [0.15, 0.2) is 24.3 Å². The number of rotatable bonds is 3. The van der Waals surface area contributed by atoms with E-state index in [9.17, 15) is 9.18 Å². The molecule has 1 fully saturated rings. The molecule has 1 amide bonds. The predicted molar refractivity (Wildman–Crippen MR) is 99.1 cm³/mol. The number of amides is 1. The van der Waals surface area contributed by atoms with Crippen LogP contribution in [0.3, 0.4) is 0 Å². The van der Waals surface area contributed by atoms with Crippen LogP contribution in [0.2, 0.25) is 0 Å². The lowest BCUT2D eigenvalue weighted by Crippen LogP contribution is -2.55. The normalized spacial score (nSPS) is 19.9. The monoisotopic (exact) mass is 361 g/mol. The first-order valence-corrected chi connectivity index (χ1v) is 9.39. The Hall–Kier alpha value is -1.79. The summed E-state index contributed by atoms with van der Waals surface area (Å²) in [5.41, 5.74) is 7.26. The molecular formula is C19H24FN3OS. The van der Waals surface area contributed by atoms with Crippen molar-refractivity contribution in [1.29, 1.82) is 0 Å². The molecule has 1 unspecified atom stereocenters. The molecule has 4 nitrogen and oxygen atoms in total. The van der Waals surface area contributed by atoms with Gasteiger partial charge in [-0.25, -0.2) is 9.37 Å². The molecule has 1 aromatic carbocycles. The van der Waals surface area contributed by atoms with Crippen LogP contribution in [0.1, 0.15) is 42.2 Å². The molecule has 2 aromatic rings. The number of nitrogens with zero attached hydrogens (tertiary/aromatic N) is 2. The van der Waals surface area contributed by atoms with Crippen molar-refractivity contribution >= 4 is 17.2 Å². The van der Waals surface area contributed by atoms with Crippen LogP contribution in [0.5, 0.6) is 0 Å². The second kappa shape index (κ2) is 6.84. The third kappa shape index (κ3) is 3.46. The Balaban J connectivity index is 1.99. The number of nitrogens with two attached hydrogens (primary N) is 1. The molecule has 2 heterocycles. The molecule has 134 valence electrons. The van der Waals surface area contributed by atoms with Crippen LogP contribution >= 0.6 is 11.3 Å². The molecule has 6 heteroatoms. The number of aryl methyl sites for hydroxylation is 1. The van der Waals surface area contributed by atoms with E-state index in [0.717, 1.165) is 28.3 Å². The number of hydrogen-bond acceptors (Lipinski definition) is 4. The van der Waals surface area contributed by atoms with E-state index in [0.29, 0.717) is 18.8 Å². The molecular weight excluding hydrogens is 337 g/mol. The molecule has 1 aromatic heterocycles. The molecule has 1 atom stereocenters. The summed E-state index contributed by atoms with van der Waals surface area (Å²) in [7, 11) is 0. The largest absolute Gasteiger partial charge is 0.332 e. The maximum atomic E-state index is 13.3. The van der Waals surface area contributed by atoms with Crippen molar-refractivity contribution in [3.63, 3.8) is 0 Å². The number of thiazole rings is 1. The molecule has 1 aliphatic rings. The first-order chi connectivity index (χ1) is 11.8. The summed E-state index contributed by atoms with van der Waals surface area (Å²) >= 11 is 1.46. The summed E-state index contributed by atoms with van der Waals surface area (Å²) in [6, 6.07) is 6.20. The summed E-state index contributed by atoms with van der Waals surface area (Å²) in [6.45, 7) is 7.35. The summed E-state index contributed by atoms with van der Waals surface area (Å²) < 4.78 is 13.2. The fourth-order valence-corrected chi connectivity index (χ4v) is 4.56. The van der Waals surface area contributed by atoms with Crippen molar-refractivity contribution in [2.24, 2.45) is 11.1 Å². The first-order valence-electron chi connectivity index (χ1n) is 8.58. The first kappa shape index (κ1) is 18.0. The van der Waals surface area contributed by atoms with E-state index < -0.39 is 0 Å². The van der Waals surface area contributed by atoms with E-state index in [1.807, 2.05) is 11.8 Å². The number of halogens is 1. The van der Waals surface area contributed by atoms with Crippen LogP contribution in [0.4, 0.5) is 4.39 Å². The fraction of sp³-hybridized carbons (Fsp3) is 0.474. The second-order valence-electron chi connectivity index (χ2n) is 7.26. The van der Waals surface area contributed by atoms with Gasteiger partial charge in [-0.05, 0) is 42.9 Å². The van der Waals surface area contributed by atoms with Crippen LogP contribution in [-0.2, 0) is 0 Å². The van der Waals surface area contributed by atoms with Gasteiger partial charge < -0.3 is 10.6 Å². The Morgan fingerprint density at radius 3 is 2.72 bits per heavy atom. The van der Waals surface area contributed by atoms with E-state index in [1.54, 1.807) is 12.1 Å². The molecule has 0 spiro atoms. The van der Waals surface area contributed by atoms with Gasteiger partial charge in [0.25, 0.3) is 5.91 Å². The minimum Gasteiger partial charge on any atom is -0.332 e. The summed E-state index contributed by atoms with van der Waals surface area (Å²) in [4.78, 5) is 20.4. The maximum Gasteiger partial charge on any atom is 0.274 e. The quantitative estimate of drug-likeness (QED) is 0.903. The Bertz CT molecular complexity index is 769. The lowest BCUT2D eigenvalue weighted by Gasteiger charge is -2.46. The molecule has 0 saturated carbocycles. The molecule has 1 aliphatic heterocycles. The van der Waals surface area contributed by atoms with Crippen LogP contribution in [-0.4, -0.2) is 34.9 Å². The van der Waals surface area contributed by atoms with Gasteiger partial charge in [-0.2, -0.15) is 0 Å². The van der Waals surface area contributed by atoms with Gasteiger partial charge in [-0.3, -0.25) is 4.79 Å². The summed E-state index contributed by atoms with van der Waals surface area (Å²) in [5, 5.41) is 0.822. The lowest BCUT2D eigenvalue weighted by molar-refractivity contribution is 0.0303. The van der Waals surface area contributed by atoms with Gasteiger partial charge >= 0.3 is 0 Å². The van der Waals surface area contributed by atoms with Gasteiger partial charge in [0, 0.05) is 19.1 Å². The van der Waals surface area contributed by atoms with Gasteiger partial charge in [-0.15, -0.1) is 11.3 Å². The molecule has 2 N–H and O–H groups in total. The highest BCUT2D eigenvalue weighted by atomic mass is 32.1. The highest BCUT2D eigenvalue weighted by molar-refractivity contribution is 7.15. The van der Waals surface area contributed by atoms with E-state index >= 15 is 0 Å². The number of carbonyl (C=O) groups excluding carboxylic acids is 1. The molecule has 0 aliphatic carbocycles. The molecule has 1 saturated heterocycles. The standard InChI is InChI=1S/C19H24FN3OS/c1-12-22-16(17(25-12)13-5-7-14(20)8-6-13)18(24)23-10-4-9-19(2,3)15(23)11-21/h5-8,15H,4,9-11,21H2,1-3H3. The topological polar surface area (TPSA) is 59.2 Å². The van der Waals surface area contributed by atoms with Crippen LogP contribution in [0, 0.1) is 18.2 Å². The molecule has 3 rings (SSSR count). The zero-order valence-electron chi connectivity index (χ0n) is 14.9. The van der Waals surface area contributed by atoms with E-state index in [4.69, 9.17) is 5.73 Å². The van der Waals surface area contributed by atoms with Crippen molar-refractivity contribution in [3.8, 4) is 10.4 Å². The molecule has 0 bridgehead atoms. The van der Waals surface area contributed by atoms with Crippen molar-refractivity contribution in [1.82, 2.24) is 9.88 Å². The lowest BCUT2D eigenvalue weighted by atomic mass is 9.76. The minimum absolute atomic E-state index is 0.00294. The number of hydrogen-bond donors (Lipinski definition) is 1. The summed E-state index contributed by atoms with van der Waals surface area (Å²) in [6.07, 6.45) is 2.02. The fourth-order valence-electron chi connectivity index (χ4n) is 3.64. The third-order valence-corrected chi connectivity index (χ3v) is 6.05. The van der Waals surface area contributed by atoms with E-state index in [-0.39, 0.29) is 23.2 Å². The average Bonchev–Trinajstić information content (AvgIpc) is 2.95. The zero-order valence-corrected chi connectivity index (χ0v) is 15.7. The Kier molecular flexibility index (Phi) is 4.93. The van der Waals surface area contributed by atoms with Crippen molar-refractivity contribution in [3.05, 3.63) is 40.8 Å². The Morgan fingerprint density at radius 1 is 1.40 bits per heavy atom. The van der Waals surface area contributed by atoms with Crippen molar-refractivity contribution < 1.29 is 9.18 Å². The van der Waals surface area contributed by atoms with Gasteiger partial charge in [0.1, 0.15) is 11.5 Å². The van der Waals surface area contributed by atoms with Crippen molar-refractivity contribution in [2.75, 3.05) is 13.1 Å². The predicted octanol–water partition coefficient (Wildman–Crippen LogP) is 3.85.